The summed E-state index contributed by atoms with van der Waals surface area (Å²) < 4.78 is 5.68. The molecule has 2 aromatic carbocycles. The van der Waals surface area contributed by atoms with Gasteiger partial charge in [0.15, 0.2) is 0 Å². The van der Waals surface area contributed by atoms with E-state index in [-0.39, 0.29) is 4.99 Å². The minimum absolute atomic E-state index is 0.191. The molecular weight excluding hydrogens is 296 g/mol. The number of carbonyl (C=O) groups excluding carboxylic acids is 1. The first-order chi connectivity index (χ1) is 9.47. The smallest absolute Gasteiger partial charge is 0.248 e. The van der Waals surface area contributed by atoms with Gasteiger partial charge in [0.2, 0.25) is 5.91 Å². The summed E-state index contributed by atoms with van der Waals surface area (Å²) in [4.78, 5) is 11.2. The highest BCUT2D eigenvalue weighted by Gasteiger charge is 2.09. The molecular formula is C14H11ClN2O2S. The Kier molecular flexibility index (Phi) is 4.22. The Morgan fingerprint density at radius 2 is 1.75 bits per heavy atom. The first-order valence-electron chi connectivity index (χ1n) is 5.64. The summed E-state index contributed by atoms with van der Waals surface area (Å²) in [6, 6.07) is 11.4. The number of ether oxygens (including phenoxy) is 1. The van der Waals surface area contributed by atoms with Gasteiger partial charge in [-0.3, -0.25) is 4.79 Å². The number of rotatable bonds is 4. The lowest BCUT2D eigenvalue weighted by atomic mass is 10.2. The standard InChI is InChI=1S/C14H11ClN2O2S/c15-9-3-6-12(11(7-9)14(17)20)19-10-4-1-8(2-5-10)13(16)18/h1-7H,(H2,16,18)(H2,17,20). The average molecular weight is 307 g/mol. The van der Waals surface area contributed by atoms with Crippen molar-refractivity contribution in [3.05, 3.63) is 58.6 Å². The van der Waals surface area contributed by atoms with Gasteiger partial charge in [0.1, 0.15) is 16.5 Å². The lowest BCUT2D eigenvalue weighted by molar-refractivity contribution is 0.100. The molecule has 0 aliphatic carbocycles. The Labute approximate surface area is 126 Å². The van der Waals surface area contributed by atoms with Crippen molar-refractivity contribution in [2.45, 2.75) is 0 Å². The average Bonchev–Trinajstić information content (AvgIpc) is 2.41. The van der Waals surface area contributed by atoms with Crippen LogP contribution in [0.4, 0.5) is 0 Å². The van der Waals surface area contributed by atoms with Crippen LogP contribution in [-0.4, -0.2) is 10.9 Å². The molecule has 0 aliphatic heterocycles. The number of amides is 1. The summed E-state index contributed by atoms with van der Waals surface area (Å²) in [6.45, 7) is 0. The lowest BCUT2D eigenvalue weighted by Gasteiger charge is -2.11. The molecule has 2 aromatic rings. The molecule has 1 amide bonds. The number of nitrogens with two attached hydrogens (primary N) is 2. The third kappa shape index (κ3) is 3.26. The van der Waals surface area contributed by atoms with Gasteiger partial charge >= 0.3 is 0 Å². The molecule has 0 unspecified atom stereocenters. The third-order valence-corrected chi connectivity index (χ3v) is 3.03. The van der Waals surface area contributed by atoms with Gasteiger partial charge < -0.3 is 16.2 Å². The van der Waals surface area contributed by atoms with Crippen LogP contribution >= 0.6 is 23.8 Å². The molecule has 0 saturated heterocycles. The van der Waals surface area contributed by atoms with Crippen LogP contribution in [0.15, 0.2) is 42.5 Å². The zero-order valence-electron chi connectivity index (χ0n) is 10.3. The van der Waals surface area contributed by atoms with Gasteiger partial charge in [0.05, 0.1) is 5.56 Å². The van der Waals surface area contributed by atoms with Crippen LogP contribution in [0, 0.1) is 0 Å². The number of primary amides is 1. The predicted molar refractivity (Wildman–Crippen MR) is 82.4 cm³/mol. The lowest BCUT2D eigenvalue weighted by Crippen LogP contribution is -2.11. The minimum Gasteiger partial charge on any atom is -0.457 e. The van der Waals surface area contributed by atoms with Crippen LogP contribution in [0.2, 0.25) is 5.02 Å². The molecule has 0 heterocycles. The fourth-order valence-corrected chi connectivity index (χ4v) is 1.93. The van der Waals surface area contributed by atoms with E-state index >= 15 is 0 Å². The zero-order valence-corrected chi connectivity index (χ0v) is 11.9. The van der Waals surface area contributed by atoms with Crippen molar-refractivity contribution < 1.29 is 9.53 Å². The van der Waals surface area contributed by atoms with Gasteiger partial charge in [0.25, 0.3) is 0 Å². The first kappa shape index (κ1) is 14.3. The van der Waals surface area contributed by atoms with Crippen molar-refractivity contribution in [2.24, 2.45) is 11.5 Å². The molecule has 2 rings (SSSR count). The molecule has 102 valence electrons. The van der Waals surface area contributed by atoms with Crippen molar-refractivity contribution >= 4 is 34.7 Å². The van der Waals surface area contributed by atoms with E-state index < -0.39 is 5.91 Å². The molecule has 0 radical (unpaired) electrons. The maximum atomic E-state index is 11.0. The summed E-state index contributed by atoms with van der Waals surface area (Å²) in [6.07, 6.45) is 0. The van der Waals surface area contributed by atoms with Gasteiger partial charge in [-0.1, -0.05) is 23.8 Å². The molecule has 0 saturated carbocycles. The highest BCUT2D eigenvalue weighted by atomic mass is 35.5. The number of carbonyl (C=O) groups is 1. The Hall–Kier alpha value is -2.11. The highest BCUT2D eigenvalue weighted by Crippen LogP contribution is 2.28. The van der Waals surface area contributed by atoms with Crippen LogP contribution in [0.5, 0.6) is 11.5 Å². The van der Waals surface area contributed by atoms with Gasteiger partial charge in [0, 0.05) is 10.6 Å². The van der Waals surface area contributed by atoms with E-state index in [1.54, 1.807) is 42.5 Å². The largest absolute Gasteiger partial charge is 0.457 e. The number of hydrogen-bond acceptors (Lipinski definition) is 3. The molecule has 0 aliphatic rings. The maximum Gasteiger partial charge on any atom is 0.248 e. The quantitative estimate of drug-likeness (QED) is 0.851. The highest BCUT2D eigenvalue weighted by molar-refractivity contribution is 7.80. The fraction of sp³-hybridized carbons (Fsp3) is 0. The second-order valence-electron chi connectivity index (χ2n) is 4.00. The molecule has 0 atom stereocenters. The fourth-order valence-electron chi connectivity index (χ4n) is 1.60. The number of thiocarbonyl (C=S) groups is 1. The Bertz CT molecular complexity index is 671. The van der Waals surface area contributed by atoms with Crippen LogP contribution < -0.4 is 16.2 Å². The zero-order chi connectivity index (χ0) is 14.7. The molecule has 0 fully saturated rings. The van der Waals surface area contributed by atoms with Crippen LogP contribution in [0.1, 0.15) is 15.9 Å². The molecule has 0 bridgehead atoms. The summed E-state index contributed by atoms with van der Waals surface area (Å²) >= 11 is 10.9. The Balaban J connectivity index is 2.30. The monoisotopic (exact) mass is 306 g/mol. The van der Waals surface area contributed by atoms with Gasteiger partial charge in [-0.05, 0) is 42.5 Å². The summed E-state index contributed by atoms with van der Waals surface area (Å²) in [7, 11) is 0. The van der Waals surface area contributed by atoms with E-state index in [2.05, 4.69) is 0 Å². The third-order valence-electron chi connectivity index (χ3n) is 2.57. The van der Waals surface area contributed by atoms with E-state index in [0.29, 0.717) is 27.6 Å². The van der Waals surface area contributed by atoms with Gasteiger partial charge in [-0.2, -0.15) is 0 Å². The van der Waals surface area contributed by atoms with E-state index in [9.17, 15) is 4.79 Å². The summed E-state index contributed by atoms with van der Waals surface area (Å²) in [5.41, 5.74) is 11.8. The van der Waals surface area contributed by atoms with Gasteiger partial charge in [-0.25, -0.2) is 0 Å². The normalized spacial score (nSPS) is 10.1. The van der Waals surface area contributed by atoms with Crippen LogP contribution in [-0.2, 0) is 0 Å². The molecule has 4 N–H and O–H groups in total. The topological polar surface area (TPSA) is 78.3 Å². The minimum atomic E-state index is -0.494. The van der Waals surface area contributed by atoms with E-state index in [0.717, 1.165) is 0 Å². The molecule has 0 aromatic heterocycles. The van der Waals surface area contributed by atoms with Crippen molar-refractivity contribution in [1.82, 2.24) is 0 Å². The summed E-state index contributed by atoms with van der Waals surface area (Å²) in [5.74, 6) is 0.537. The second kappa shape index (κ2) is 5.90. The molecule has 6 heteroatoms. The number of benzene rings is 2. The number of hydrogen-bond donors (Lipinski definition) is 2. The van der Waals surface area contributed by atoms with Crippen LogP contribution in [0.25, 0.3) is 0 Å². The van der Waals surface area contributed by atoms with E-state index in [1.165, 1.54) is 0 Å². The second-order valence-corrected chi connectivity index (χ2v) is 4.87. The Morgan fingerprint density at radius 3 is 2.30 bits per heavy atom. The van der Waals surface area contributed by atoms with Gasteiger partial charge in [-0.15, -0.1) is 0 Å². The van der Waals surface area contributed by atoms with Crippen molar-refractivity contribution in [2.75, 3.05) is 0 Å². The molecule has 4 nitrogen and oxygen atoms in total. The molecule has 0 spiro atoms. The van der Waals surface area contributed by atoms with Crippen molar-refractivity contribution in [3.63, 3.8) is 0 Å². The maximum absolute atomic E-state index is 11.0. The van der Waals surface area contributed by atoms with Crippen molar-refractivity contribution in [1.29, 1.82) is 0 Å². The van der Waals surface area contributed by atoms with E-state index in [4.69, 9.17) is 40.0 Å². The van der Waals surface area contributed by atoms with Crippen molar-refractivity contribution in [3.8, 4) is 11.5 Å². The first-order valence-corrected chi connectivity index (χ1v) is 6.43. The SMILES string of the molecule is NC(=O)c1ccc(Oc2ccc(Cl)cc2C(N)=S)cc1. The molecule has 20 heavy (non-hydrogen) atoms. The summed E-state index contributed by atoms with van der Waals surface area (Å²) in [5, 5.41) is 0.518. The predicted octanol–water partition coefficient (Wildman–Crippen LogP) is 2.87. The van der Waals surface area contributed by atoms with Crippen LogP contribution in [0.3, 0.4) is 0 Å². The Morgan fingerprint density at radius 1 is 1.10 bits per heavy atom. The van der Waals surface area contributed by atoms with E-state index in [1.807, 2.05) is 0 Å². The number of halogens is 1.